The Kier molecular flexibility index (Phi) is 3.85. The highest BCUT2D eigenvalue weighted by Gasteiger charge is 2.42. The summed E-state index contributed by atoms with van der Waals surface area (Å²) >= 11 is 0. The lowest BCUT2D eigenvalue weighted by molar-refractivity contribution is 0.249. The minimum Gasteiger partial charge on any atom is -0.398 e. The summed E-state index contributed by atoms with van der Waals surface area (Å²) in [7, 11) is -3.59. The molecule has 19 heavy (non-hydrogen) atoms. The van der Waals surface area contributed by atoms with Gasteiger partial charge >= 0.3 is 0 Å². The number of aliphatic hydroxyl groups is 1. The molecule has 5 nitrogen and oxygen atoms in total. The van der Waals surface area contributed by atoms with Gasteiger partial charge in [0.1, 0.15) is 4.90 Å². The topological polar surface area (TPSA) is 92.4 Å². The van der Waals surface area contributed by atoms with E-state index in [-0.39, 0.29) is 22.6 Å². The van der Waals surface area contributed by atoms with Crippen LogP contribution in [0.5, 0.6) is 0 Å². The van der Waals surface area contributed by atoms with Gasteiger partial charge in [-0.1, -0.05) is 12.1 Å². The first-order chi connectivity index (χ1) is 8.90. The number of hydrogen-bond donors (Lipinski definition) is 3. The molecule has 1 aliphatic carbocycles. The van der Waals surface area contributed by atoms with Crippen LogP contribution in [-0.4, -0.2) is 26.7 Å². The van der Waals surface area contributed by atoms with Crippen molar-refractivity contribution in [2.75, 3.05) is 18.9 Å². The maximum absolute atomic E-state index is 12.3. The van der Waals surface area contributed by atoms with Gasteiger partial charge in [-0.2, -0.15) is 0 Å². The van der Waals surface area contributed by atoms with Crippen LogP contribution in [0, 0.1) is 12.3 Å². The number of nitrogens with two attached hydrogens (primary N) is 1. The van der Waals surface area contributed by atoms with E-state index < -0.39 is 10.0 Å². The minimum absolute atomic E-state index is 0.0563. The normalized spacial score (nSPS) is 17.4. The van der Waals surface area contributed by atoms with Crippen molar-refractivity contribution >= 4 is 15.7 Å². The van der Waals surface area contributed by atoms with Crippen molar-refractivity contribution in [2.45, 2.75) is 31.1 Å². The van der Waals surface area contributed by atoms with Crippen molar-refractivity contribution in [1.82, 2.24) is 4.72 Å². The standard InChI is InChI=1S/C13H20N2O3S/c1-10-3-2-4-11(14)12(10)19(17,18)15-9-13(5-6-13)7-8-16/h2-4,15-16H,5-9,14H2,1H3. The van der Waals surface area contributed by atoms with Crippen molar-refractivity contribution in [3.05, 3.63) is 23.8 Å². The zero-order valence-corrected chi connectivity index (χ0v) is 11.8. The Morgan fingerprint density at radius 2 is 2.11 bits per heavy atom. The van der Waals surface area contributed by atoms with Gasteiger partial charge in [0.2, 0.25) is 10.0 Å². The van der Waals surface area contributed by atoms with E-state index in [1.165, 1.54) is 0 Å². The smallest absolute Gasteiger partial charge is 0.242 e. The molecule has 1 aliphatic rings. The Balaban J connectivity index is 2.15. The number of sulfonamides is 1. The summed E-state index contributed by atoms with van der Waals surface area (Å²) in [5.41, 5.74) is 6.61. The Labute approximate surface area is 113 Å². The molecule has 0 saturated heterocycles. The number of anilines is 1. The van der Waals surface area contributed by atoms with Crippen LogP contribution in [0.1, 0.15) is 24.8 Å². The third kappa shape index (κ3) is 3.08. The Hall–Kier alpha value is -1.11. The third-order valence-electron chi connectivity index (χ3n) is 3.75. The predicted molar refractivity (Wildman–Crippen MR) is 74.1 cm³/mol. The molecule has 4 N–H and O–H groups in total. The van der Waals surface area contributed by atoms with Crippen molar-refractivity contribution in [3.8, 4) is 0 Å². The van der Waals surface area contributed by atoms with Gasteiger partial charge in [-0.25, -0.2) is 13.1 Å². The maximum Gasteiger partial charge on any atom is 0.242 e. The molecule has 1 aromatic carbocycles. The number of rotatable bonds is 6. The van der Waals surface area contributed by atoms with Crippen LogP contribution in [0.3, 0.4) is 0 Å². The second-order valence-corrected chi connectivity index (χ2v) is 7.00. The number of nitrogen functional groups attached to an aromatic ring is 1. The van der Waals surface area contributed by atoms with E-state index in [2.05, 4.69) is 4.72 Å². The highest BCUT2D eigenvalue weighted by Crippen LogP contribution is 2.48. The van der Waals surface area contributed by atoms with E-state index in [4.69, 9.17) is 10.8 Å². The molecule has 0 radical (unpaired) electrons. The Morgan fingerprint density at radius 1 is 1.42 bits per heavy atom. The van der Waals surface area contributed by atoms with Gasteiger partial charge in [0.15, 0.2) is 0 Å². The highest BCUT2D eigenvalue weighted by molar-refractivity contribution is 7.89. The molecule has 0 aromatic heterocycles. The summed E-state index contributed by atoms with van der Waals surface area (Å²) < 4.78 is 27.2. The van der Waals surface area contributed by atoms with E-state index >= 15 is 0 Å². The molecule has 1 saturated carbocycles. The molecule has 0 amide bonds. The van der Waals surface area contributed by atoms with Crippen LogP contribution in [0.4, 0.5) is 5.69 Å². The third-order valence-corrected chi connectivity index (χ3v) is 5.37. The quantitative estimate of drug-likeness (QED) is 0.680. The highest BCUT2D eigenvalue weighted by atomic mass is 32.2. The maximum atomic E-state index is 12.3. The van der Waals surface area contributed by atoms with Crippen LogP contribution in [0.15, 0.2) is 23.1 Å². The number of benzene rings is 1. The van der Waals surface area contributed by atoms with E-state index in [9.17, 15) is 8.42 Å². The van der Waals surface area contributed by atoms with E-state index in [0.29, 0.717) is 18.5 Å². The molecule has 0 aliphatic heterocycles. The number of aryl methyl sites for hydroxylation is 1. The average Bonchev–Trinajstić information content (AvgIpc) is 3.07. The van der Waals surface area contributed by atoms with E-state index in [0.717, 1.165) is 12.8 Å². The predicted octanol–water partition coefficient (Wildman–Crippen LogP) is 1.02. The lowest BCUT2D eigenvalue weighted by Crippen LogP contribution is -2.31. The molecule has 2 rings (SSSR count). The summed E-state index contributed by atoms with van der Waals surface area (Å²) in [6.07, 6.45) is 2.55. The summed E-state index contributed by atoms with van der Waals surface area (Å²) in [5.74, 6) is 0. The molecule has 1 fully saturated rings. The first-order valence-electron chi connectivity index (χ1n) is 6.36. The minimum atomic E-state index is -3.59. The molecule has 106 valence electrons. The summed E-state index contributed by atoms with van der Waals surface area (Å²) in [4.78, 5) is 0.162. The molecule has 0 spiro atoms. The number of nitrogens with one attached hydrogen (secondary N) is 1. The second-order valence-electron chi connectivity index (χ2n) is 5.29. The van der Waals surface area contributed by atoms with Gasteiger partial charge < -0.3 is 10.8 Å². The Morgan fingerprint density at radius 3 is 2.63 bits per heavy atom. The van der Waals surface area contributed by atoms with Crippen LogP contribution in [0.25, 0.3) is 0 Å². The second kappa shape index (κ2) is 5.11. The van der Waals surface area contributed by atoms with Gasteiger partial charge in [0.25, 0.3) is 0 Å². The molecular weight excluding hydrogens is 264 g/mol. The lowest BCUT2D eigenvalue weighted by atomic mass is 10.0. The van der Waals surface area contributed by atoms with Crippen LogP contribution in [-0.2, 0) is 10.0 Å². The van der Waals surface area contributed by atoms with E-state index in [1.54, 1.807) is 25.1 Å². The van der Waals surface area contributed by atoms with Gasteiger partial charge in [-0.05, 0) is 43.2 Å². The van der Waals surface area contributed by atoms with Crippen LogP contribution >= 0.6 is 0 Å². The summed E-state index contributed by atoms with van der Waals surface area (Å²) in [6, 6.07) is 5.05. The summed E-state index contributed by atoms with van der Waals surface area (Å²) in [6.45, 7) is 2.18. The zero-order valence-electron chi connectivity index (χ0n) is 11.0. The van der Waals surface area contributed by atoms with Crippen molar-refractivity contribution in [2.24, 2.45) is 5.41 Å². The number of hydrogen-bond acceptors (Lipinski definition) is 4. The SMILES string of the molecule is Cc1cccc(N)c1S(=O)(=O)NCC1(CCO)CC1. The molecule has 1 aromatic rings. The summed E-state index contributed by atoms with van der Waals surface area (Å²) in [5, 5.41) is 8.98. The molecule has 6 heteroatoms. The van der Waals surface area contributed by atoms with Crippen LogP contribution in [0.2, 0.25) is 0 Å². The average molecular weight is 284 g/mol. The number of aliphatic hydroxyl groups excluding tert-OH is 1. The molecule has 0 bridgehead atoms. The van der Waals surface area contributed by atoms with Crippen molar-refractivity contribution in [1.29, 1.82) is 0 Å². The fourth-order valence-corrected chi connectivity index (χ4v) is 3.80. The molecular formula is C13H20N2O3S. The molecule has 0 unspecified atom stereocenters. The van der Waals surface area contributed by atoms with Crippen molar-refractivity contribution in [3.63, 3.8) is 0 Å². The fourth-order valence-electron chi connectivity index (χ4n) is 2.29. The Bertz CT molecular complexity index is 545. The zero-order chi connectivity index (χ0) is 14.1. The lowest BCUT2D eigenvalue weighted by Gasteiger charge is -2.16. The fraction of sp³-hybridized carbons (Fsp3) is 0.538. The van der Waals surface area contributed by atoms with Gasteiger partial charge in [-0.3, -0.25) is 0 Å². The van der Waals surface area contributed by atoms with E-state index in [1.807, 2.05) is 0 Å². The van der Waals surface area contributed by atoms with Gasteiger partial charge in [-0.15, -0.1) is 0 Å². The van der Waals surface area contributed by atoms with Crippen molar-refractivity contribution < 1.29 is 13.5 Å². The first-order valence-corrected chi connectivity index (χ1v) is 7.84. The van der Waals surface area contributed by atoms with Crippen LogP contribution < -0.4 is 10.5 Å². The van der Waals surface area contributed by atoms with Gasteiger partial charge in [0, 0.05) is 13.2 Å². The van der Waals surface area contributed by atoms with Gasteiger partial charge in [0.05, 0.1) is 5.69 Å². The monoisotopic (exact) mass is 284 g/mol. The molecule has 0 heterocycles. The molecule has 0 atom stereocenters. The largest absolute Gasteiger partial charge is 0.398 e. The first kappa shape index (κ1) is 14.3.